The van der Waals surface area contributed by atoms with Crippen LogP contribution in [-0.2, 0) is 19.1 Å². The molecule has 0 heterocycles. The predicted octanol–water partition coefficient (Wildman–Crippen LogP) is 3.81. The zero-order valence-corrected chi connectivity index (χ0v) is 16.5. The summed E-state index contributed by atoms with van der Waals surface area (Å²) in [6.07, 6.45) is 2.95. The zero-order chi connectivity index (χ0) is 20.0. The summed E-state index contributed by atoms with van der Waals surface area (Å²) in [6, 6.07) is 6.28. The number of rotatable bonds is 6. The second kappa shape index (κ2) is 9.53. The van der Waals surface area contributed by atoms with Crippen molar-refractivity contribution in [3.8, 4) is 0 Å². The molecule has 148 valence electrons. The van der Waals surface area contributed by atoms with Crippen LogP contribution in [0.1, 0.15) is 57.3 Å². The van der Waals surface area contributed by atoms with Gasteiger partial charge in [-0.15, -0.1) is 0 Å². The molecule has 6 nitrogen and oxygen atoms in total. The van der Waals surface area contributed by atoms with Crippen LogP contribution < -0.4 is 5.32 Å². The van der Waals surface area contributed by atoms with Gasteiger partial charge in [0.05, 0.1) is 5.56 Å². The fourth-order valence-corrected chi connectivity index (χ4v) is 3.55. The predicted molar refractivity (Wildman–Crippen MR) is 102 cm³/mol. The first-order chi connectivity index (χ1) is 12.8. The molecule has 0 bridgehead atoms. The van der Waals surface area contributed by atoms with Gasteiger partial charge in [0.1, 0.15) is 6.10 Å². The number of amides is 1. The third-order valence-electron chi connectivity index (χ3n) is 5.01. The minimum Gasteiger partial charge on any atom is -0.460 e. The summed E-state index contributed by atoms with van der Waals surface area (Å²) < 4.78 is 10.7. The van der Waals surface area contributed by atoms with Gasteiger partial charge < -0.3 is 14.8 Å². The average molecular weight is 375 g/mol. The van der Waals surface area contributed by atoms with Crippen LogP contribution in [0, 0.1) is 17.8 Å². The molecule has 0 spiro atoms. The Morgan fingerprint density at radius 3 is 2.41 bits per heavy atom. The molecule has 1 aromatic rings. The van der Waals surface area contributed by atoms with Crippen LogP contribution in [0.15, 0.2) is 24.3 Å². The lowest BCUT2D eigenvalue weighted by Gasteiger charge is -2.36. The van der Waals surface area contributed by atoms with Crippen LogP contribution in [0.2, 0.25) is 0 Å². The number of ether oxygens (including phenoxy) is 2. The highest BCUT2D eigenvalue weighted by Crippen LogP contribution is 2.35. The van der Waals surface area contributed by atoms with Crippen molar-refractivity contribution in [1.29, 1.82) is 0 Å². The Kier molecular flexibility index (Phi) is 7.39. The van der Waals surface area contributed by atoms with Crippen LogP contribution in [0.3, 0.4) is 0 Å². The van der Waals surface area contributed by atoms with Crippen molar-refractivity contribution in [3.63, 3.8) is 0 Å². The SMILES string of the molecule is CC(=O)Nc1ccc(C(=O)OCC(=O)O[C@@H]2C[C@H](C)CC[C@H]2C(C)C)cc1. The lowest BCUT2D eigenvalue weighted by Crippen LogP contribution is -2.36. The number of benzene rings is 1. The van der Waals surface area contributed by atoms with Gasteiger partial charge in [-0.1, -0.05) is 27.2 Å². The summed E-state index contributed by atoms with van der Waals surface area (Å²) in [6.45, 7) is 7.47. The maximum Gasteiger partial charge on any atom is 0.344 e. The molecule has 1 N–H and O–H groups in total. The van der Waals surface area contributed by atoms with Crippen molar-refractivity contribution in [3.05, 3.63) is 29.8 Å². The summed E-state index contributed by atoms with van der Waals surface area (Å²) >= 11 is 0. The first-order valence-electron chi connectivity index (χ1n) is 9.50. The quantitative estimate of drug-likeness (QED) is 0.765. The van der Waals surface area contributed by atoms with Crippen molar-refractivity contribution in [2.45, 2.75) is 53.1 Å². The number of carbonyl (C=O) groups excluding carboxylic acids is 3. The number of nitrogens with one attached hydrogen (secondary N) is 1. The molecule has 1 aromatic carbocycles. The van der Waals surface area contributed by atoms with Gasteiger partial charge in [-0.2, -0.15) is 0 Å². The van der Waals surface area contributed by atoms with Crippen molar-refractivity contribution in [1.82, 2.24) is 0 Å². The Morgan fingerprint density at radius 1 is 1.15 bits per heavy atom. The molecule has 3 atom stereocenters. The highest BCUT2D eigenvalue weighted by atomic mass is 16.6. The van der Waals surface area contributed by atoms with Gasteiger partial charge in [0.2, 0.25) is 5.91 Å². The fraction of sp³-hybridized carbons (Fsp3) is 0.571. The third kappa shape index (κ3) is 6.38. The van der Waals surface area contributed by atoms with Gasteiger partial charge >= 0.3 is 11.9 Å². The Balaban J connectivity index is 1.85. The van der Waals surface area contributed by atoms with Crippen molar-refractivity contribution < 1.29 is 23.9 Å². The van der Waals surface area contributed by atoms with E-state index in [0.29, 0.717) is 29.0 Å². The monoisotopic (exact) mass is 375 g/mol. The largest absolute Gasteiger partial charge is 0.460 e. The molecule has 1 aliphatic rings. The lowest BCUT2D eigenvalue weighted by molar-refractivity contribution is -0.159. The summed E-state index contributed by atoms with van der Waals surface area (Å²) in [5.41, 5.74) is 0.896. The Labute approximate surface area is 160 Å². The third-order valence-corrected chi connectivity index (χ3v) is 5.01. The highest BCUT2D eigenvalue weighted by molar-refractivity contribution is 5.92. The first-order valence-corrected chi connectivity index (χ1v) is 9.50. The van der Waals surface area contributed by atoms with E-state index in [1.165, 1.54) is 19.1 Å². The number of esters is 2. The summed E-state index contributed by atoms with van der Waals surface area (Å²) in [7, 11) is 0. The molecule has 0 aliphatic heterocycles. The first kappa shape index (κ1) is 20.9. The Bertz CT molecular complexity index is 668. The van der Waals surface area contributed by atoms with Crippen molar-refractivity contribution >= 4 is 23.5 Å². The highest BCUT2D eigenvalue weighted by Gasteiger charge is 2.33. The van der Waals surface area contributed by atoms with Crippen LogP contribution in [-0.4, -0.2) is 30.6 Å². The fourth-order valence-electron chi connectivity index (χ4n) is 3.55. The molecule has 6 heteroatoms. The standard InChI is InChI=1S/C21H29NO5/c1-13(2)18-10-5-14(3)11-19(18)27-20(24)12-26-21(25)16-6-8-17(9-7-16)22-15(4)23/h6-9,13-14,18-19H,5,10-12H2,1-4H3,(H,22,23)/t14-,18+,19-/m1/s1. The van der Waals surface area contributed by atoms with Gasteiger partial charge in [-0.3, -0.25) is 4.79 Å². The normalized spacial score (nSPS) is 22.2. The molecule has 1 aliphatic carbocycles. The summed E-state index contributed by atoms with van der Waals surface area (Å²) in [5, 5.41) is 2.62. The van der Waals surface area contributed by atoms with E-state index >= 15 is 0 Å². The molecule has 1 amide bonds. The number of carbonyl (C=O) groups is 3. The Hall–Kier alpha value is -2.37. The lowest BCUT2D eigenvalue weighted by atomic mass is 9.75. The van der Waals surface area contributed by atoms with Crippen LogP contribution in [0.5, 0.6) is 0 Å². The zero-order valence-electron chi connectivity index (χ0n) is 16.5. The van der Waals surface area contributed by atoms with Gasteiger partial charge in [0.15, 0.2) is 6.61 Å². The molecule has 0 saturated heterocycles. The number of anilines is 1. The smallest absolute Gasteiger partial charge is 0.344 e. The molecule has 1 saturated carbocycles. The van der Waals surface area contributed by atoms with E-state index in [1.54, 1.807) is 12.1 Å². The molecular formula is C21H29NO5. The number of hydrogen-bond donors (Lipinski definition) is 1. The van der Waals surface area contributed by atoms with Crippen LogP contribution in [0.25, 0.3) is 0 Å². The van der Waals surface area contributed by atoms with E-state index in [1.807, 2.05) is 0 Å². The maximum absolute atomic E-state index is 12.2. The minimum atomic E-state index is -0.598. The minimum absolute atomic E-state index is 0.114. The van der Waals surface area contributed by atoms with Gasteiger partial charge in [-0.25, -0.2) is 9.59 Å². The molecule has 2 rings (SSSR count). The van der Waals surface area contributed by atoms with E-state index in [4.69, 9.17) is 9.47 Å². The van der Waals surface area contributed by atoms with Crippen LogP contribution >= 0.6 is 0 Å². The average Bonchev–Trinajstić information content (AvgIpc) is 2.59. The van der Waals surface area contributed by atoms with Crippen molar-refractivity contribution in [2.24, 2.45) is 17.8 Å². The molecule has 0 radical (unpaired) electrons. The second-order valence-corrected chi connectivity index (χ2v) is 7.69. The van der Waals surface area contributed by atoms with E-state index in [-0.39, 0.29) is 12.0 Å². The topological polar surface area (TPSA) is 81.7 Å². The van der Waals surface area contributed by atoms with E-state index < -0.39 is 18.5 Å². The molecule has 1 fully saturated rings. The molecular weight excluding hydrogens is 346 g/mol. The van der Waals surface area contributed by atoms with Gasteiger partial charge in [0, 0.05) is 12.6 Å². The van der Waals surface area contributed by atoms with E-state index in [9.17, 15) is 14.4 Å². The van der Waals surface area contributed by atoms with Gasteiger partial charge in [-0.05, 0) is 54.9 Å². The maximum atomic E-state index is 12.2. The van der Waals surface area contributed by atoms with Gasteiger partial charge in [0.25, 0.3) is 0 Å². The Morgan fingerprint density at radius 2 is 1.81 bits per heavy atom. The molecule has 0 unspecified atom stereocenters. The van der Waals surface area contributed by atoms with Crippen LogP contribution in [0.4, 0.5) is 5.69 Å². The molecule has 0 aromatic heterocycles. The van der Waals surface area contributed by atoms with E-state index in [2.05, 4.69) is 26.1 Å². The second-order valence-electron chi connectivity index (χ2n) is 7.69. The molecule has 27 heavy (non-hydrogen) atoms. The van der Waals surface area contributed by atoms with Crippen molar-refractivity contribution in [2.75, 3.05) is 11.9 Å². The number of hydrogen-bond acceptors (Lipinski definition) is 5. The van der Waals surface area contributed by atoms with E-state index in [0.717, 1.165) is 19.3 Å². The summed E-state index contributed by atoms with van der Waals surface area (Å²) in [4.78, 5) is 35.2. The summed E-state index contributed by atoms with van der Waals surface area (Å²) in [5.74, 6) is 0.0242.